The Hall–Kier alpha value is -1.85. The Bertz CT molecular complexity index is 698. The van der Waals surface area contributed by atoms with E-state index in [0.29, 0.717) is 0 Å². The van der Waals surface area contributed by atoms with Gasteiger partial charge in [0.25, 0.3) is 5.91 Å². The number of hydrogen-bond donors (Lipinski definition) is 1. The summed E-state index contributed by atoms with van der Waals surface area (Å²) >= 11 is 3.53. The Morgan fingerprint density at radius 3 is 2.54 bits per heavy atom. The molecule has 2 aromatic rings. The van der Waals surface area contributed by atoms with Crippen LogP contribution in [0.25, 0.3) is 0 Å². The Morgan fingerprint density at radius 1 is 1.17 bits per heavy atom. The van der Waals surface area contributed by atoms with Crippen molar-refractivity contribution in [2.45, 2.75) is 6.54 Å². The fraction of sp³-hybridized carbons (Fsp3) is 0.316. The SMILES string of the molecule is COc1ccc(Br)cc1C[NH+]1CCN(C(=O)c2ccccc2)CC1. The highest BCUT2D eigenvalue weighted by atomic mass is 79.9. The van der Waals surface area contributed by atoms with Gasteiger partial charge in [0, 0.05) is 15.6 Å². The van der Waals surface area contributed by atoms with E-state index in [1.807, 2.05) is 47.4 Å². The molecule has 1 saturated heterocycles. The van der Waals surface area contributed by atoms with Crippen LogP contribution in [-0.4, -0.2) is 44.1 Å². The maximum atomic E-state index is 12.5. The molecule has 3 rings (SSSR count). The van der Waals surface area contributed by atoms with E-state index in [0.717, 1.165) is 48.5 Å². The lowest BCUT2D eigenvalue weighted by Crippen LogP contribution is -3.13. The summed E-state index contributed by atoms with van der Waals surface area (Å²) in [4.78, 5) is 15.9. The highest BCUT2D eigenvalue weighted by Crippen LogP contribution is 2.22. The predicted octanol–water partition coefficient (Wildman–Crippen LogP) is 2.00. The van der Waals surface area contributed by atoms with E-state index < -0.39 is 0 Å². The summed E-state index contributed by atoms with van der Waals surface area (Å²) in [6.07, 6.45) is 0. The summed E-state index contributed by atoms with van der Waals surface area (Å²) < 4.78 is 6.53. The van der Waals surface area contributed by atoms with Crippen molar-refractivity contribution in [3.8, 4) is 5.75 Å². The molecule has 0 aliphatic carbocycles. The molecule has 5 heteroatoms. The zero-order valence-corrected chi connectivity index (χ0v) is 15.4. The summed E-state index contributed by atoms with van der Waals surface area (Å²) in [5.41, 5.74) is 1.97. The van der Waals surface area contributed by atoms with Crippen LogP contribution < -0.4 is 9.64 Å². The number of piperazine rings is 1. The first-order valence-corrected chi connectivity index (χ1v) is 8.97. The summed E-state index contributed by atoms with van der Waals surface area (Å²) in [5.74, 6) is 1.06. The number of methoxy groups -OCH3 is 1. The van der Waals surface area contributed by atoms with Gasteiger partial charge in [0.15, 0.2) is 0 Å². The van der Waals surface area contributed by atoms with Gasteiger partial charge in [0.1, 0.15) is 12.3 Å². The normalized spacial score (nSPS) is 15.3. The number of amides is 1. The van der Waals surface area contributed by atoms with Crippen LogP contribution in [0.2, 0.25) is 0 Å². The molecule has 126 valence electrons. The number of rotatable bonds is 4. The molecule has 4 nitrogen and oxygen atoms in total. The smallest absolute Gasteiger partial charge is 0.254 e. The third-order valence-electron chi connectivity index (χ3n) is 4.46. The topological polar surface area (TPSA) is 34.0 Å². The number of nitrogens with one attached hydrogen (secondary N) is 1. The lowest BCUT2D eigenvalue weighted by Gasteiger charge is -2.32. The third kappa shape index (κ3) is 3.97. The van der Waals surface area contributed by atoms with Crippen molar-refractivity contribution in [3.63, 3.8) is 0 Å². The molecule has 2 aromatic carbocycles. The molecule has 24 heavy (non-hydrogen) atoms. The van der Waals surface area contributed by atoms with E-state index >= 15 is 0 Å². The van der Waals surface area contributed by atoms with Gasteiger partial charge in [-0.1, -0.05) is 34.1 Å². The molecular weight excluding hydrogens is 368 g/mol. The average Bonchev–Trinajstić information content (AvgIpc) is 2.63. The van der Waals surface area contributed by atoms with Crippen LogP contribution in [0.3, 0.4) is 0 Å². The van der Waals surface area contributed by atoms with Gasteiger partial charge in [-0.25, -0.2) is 0 Å². The van der Waals surface area contributed by atoms with E-state index in [1.165, 1.54) is 10.5 Å². The van der Waals surface area contributed by atoms with E-state index in [9.17, 15) is 4.79 Å². The van der Waals surface area contributed by atoms with E-state index in [4.69, 9.17) is 4.74 Å². The number of hydrogen-bond acceptors (Lipinski definition) is 2. The standard InChI is InChI=1S/C19H21BrN2O2/c1-24-18-8-7-17(20)13-16(18)14-21-9-11-22(12-10-21)19(23)15-5-3-2-4-6-15/h2-8,13H,9-12,14H2,1H3/p+1. The van der Waals surface area contributed by atoms with Gasteiger partial charge in [-0.3, -0.25) is 4.79 Å². The van der Waals surface area contributed by atoms with Crippen LogP contribution in [0, 0.1) is 0 Å². The first-order valence-electron chi connectivity index (χ1n) is 8.17. The summed E-state index contributed by atoms with van der Waals surface area (Å²) in [6, 6.07) is 15.6. The molecule has 1 N–H and O–H groups in total. The molecule has 0 saturated carbocycles. The largest absolute Gasteiger partial charge is 0.496 e. The van der Waals surface area contributed by atoms with Crippen LogP contribution in [0.15, 0.2) is 53.0 Å². The minimum Gasteiger partial charge on any atom is -0.496 e. The van der Waals surface area contributed by atoms with Crippen molar-refractivity contribution in [2.75, 3.05) is 33.3 Å². The van der Waals surface area contributed by atoms with Crippen molar-refractivity contribution in [3.05, 3.63) is 64.1 Å². The number of halogens is 1. The van der Waals surface area contributed by atoms with E-state index in [2.05, 4.69) is 22.0 Å². The van der Waals surface area contributed by atoms with Crippen LogP contribution in [-0.2, 0) is 6.54 Å². The van der Waals surface area contributed by atoms with Crippen molar-refractivity contribution < 1.29 is 14.4 Å². The van der Waals surface area contributed by atoms with Crippen molar-refractivity contribution in [1.82, 2.24) is 4.90 Å². The van der Waals surface area contributed by atoms with Gasteiger partial charge in [-0.2, -0.15) is 0 Å². The monoisotopic (exact) mass is 389 g/mol. The third-order valence-corrected chi connectivity index (χ3v) is 4.95. The minimum atomic E-state index is 0.134. The van der Waals surface area contributed by atoms with Crippen LogP contribution in [0.1, 0.15) is 15.9 Å². The highest BCUT2D eigenvalue weighted by Gasteiger charge is 2.25. The van der Waals surface area contributed by atoms with Crippen molar-refractivity contribution in [2.24, 2.45) is 0 Å². The second kappa shape index (κ2) is 7.81. The zero-order valence-electron chi connectivity index (χ0n) is 13.8. The second-order valence-corrected chi connectivity index (χ2v) is 6.96. The molecule has 0 unspecified atom stereocenters. The number of carbonyl (C=O) groups is 1. The van der Waals surface area contributed by atoms with Gasteiger partial charge >= 0.3 is 0 Å². The maximum absolute atomic E-state index is 12.5. The highest BCUT2D eigenvalue weighted by molar-refractivity contribution is 9.10. The average molecular weight is 390 g/mol. The van der Waals surface area contributed by atoms with Crippen LogP contribution in [0.5, 0.6) is 5.75 Å². The molecule has 1 heterocycles. The Labute approximate surface area is 151 Å². The van der Waals surface area contributed by atoms with Gasteiger partial charge in [-0.15, -0.1) is 0 Å². The number of ether oxygens (including phenoxy) is 1. The molecule has 0 spiro atoms. The number of benzene rings is 2. The van der Waals surface area contributed by atoms with Crippen molar-refractivity contribution in [1.29, 1.82) is 0 Å². The fourth-order valence-electron chi connectivity index (χ4n) is 3.12. The van der Waals surface area contributed by atoms with E-state index in [-0.39, 0.29) is 5.91 Å². The molecule has 0 radical (unpaired) electrons. The molecule has 0 bridgehead atoms. The predicted molar refractivity (Wildman–Crippen MR) is 97.4 cm³/mol. The molecule has 1 amide bonds. The molecule has 1 aliphatic heterocycles. The van der Waals surface area contributed by atoms with Gasteiger partial charge < -0.3 is 14.5 Å². The number of quaternary nitrogens is 1. The van der Waals surface area contributed by atoms with Gasteiger partial charge in [-0.05, 0) is 30.3 Å². The summed E-state index contributed by atoms with van der Waals surface area (Å²) in [6.45, 7) is 4.40. The Kier molecular flexibility index (Phi) is 5.53. The molecular formula is C19H22BrN2O2+. The van der Waals surface area contributed by atoms with Crippen LogP contribution in [0.4, 0.5) is 0 Å². The summed E-state index contributed by atoms with van der Waals surface area (Å²) in [7, 11) is 1.71. The summed E-state index contributed by atoms with van der Waals surface area (Å²) in [5, 5.41) is 0. The maximum Gasteiger partial charge on any atom is 0.254 e. The van der Waals surface area contributed by atoms with E-state index in [1.54, 1.807) is 7.11 Å². The first-order chi connectivity index (χ1) is 11.7. The molecule has 1 aliphatic rings. The lowest BCUT2D eigenvalue weighted by molar-refractivity contribution is -0.917. The number of carbonyl (C=O) groups excluding carboxylic acids is 1. The Morgan fingerprint density at radius 2 is 1.88 bits per heavy atom. The first kappa shape index (κ1) is 17.0. The fourth-order valence-corrected chi connectivity index (χ4v) is 3.53. The number of nitrogens with zero attached hydrogens (tertiary/aromatic N) is 1. The lowest BCUT2D eigenvalue weighted by atomic mass is 10.1. The quantitative estimate of drug-likeness (QED) is 0.867. The minimum absolute atomic E-state index is 0.134. The second-order valence-electron chi connectivity index (χ2n) is 6.04. The zero-order chi connectivity index (χ0) is 16.9. The molecule has 0 atom stereocenters. The Balaban J connectivity index is 1.60. The van der Waals surface area contributed by atoms with Gasteiger partial charge in [0.05, 0.1) is 33.3 Å². The van der Waals surface area contributed by atoms with Crippen molar-refractivity contribution >= 4 is 21.8 Å². The molecule has 0 aromatic heterocycles. The molecule has 1 fully saturated rings. The van der Waals surface area contributed by atoms with Gasteiger partial charge in [0.2, 0.25) is 0 Å². The van der Waals surface area contributed by atoms with Crippen LogP contribution >= 0.6 is 15.9 Å².